The molecule has 0 saturated heterocycles. The maximum Gasteiger partial charge on any atom is 0.330 e. The Labute approximate surface area is 229 Å². The van der Waals surface area contributed by atoms with Crippen LogP contribution in [0.1, 0.15) is 43.2 Å². The fourth-order valence-electron chi connectivity index (χ4n) is 2.90. The second-order valence-corrected chi connectivity index (χ2v) is 8.21. The molecule has 7 heteroatoms. The van der Waals surface area contributed by atoms with Crippen molar-refractivity contribution in [3.05, 3.63) is 83.9 Å². The van der Waals surface area contributed by atoms with Crippen LogP contribution in [0.4, 0.5) is 5.69 Å². The van der Waals surface area contributed by atoms with Gasteiger partial charge in [0.25, 0.3) is 0 Å². The predicted octanol–water partition coefficient (Wildman–Crippen LogP) is 6.23. The van der Waals surface area contributed by atoms with Gasteiger partial charge < -0.3 is 14.2 Å². The zero-order valence-corrected chi connectivity index (χ0v) is 22.0. The van der Waals surface area contributed by atoms with Crippen molar-refractivity contribution in [1.29, 1.82) is 0 Å². The van der Waals surface area contributed by atoms with Crippen LogP contribution in [-0.4, -0.2) is 38.0 Å². The Kier molecular flexibility index (Phi) is 14.2. The highest BCUT2D eigenvalue weighted by Crippen LogP contribution is 2.25. The summed E-state index contributed by atoms with van der Waals surface area (Å²) in [6.45, 7) is 7.94. The highest BCUT2D eigenvalue weighted by Gasteiger charge is 2.02. The van der Waals surface area contributed by atoms with E-state index in [0.717, 1.165) is 48.2 Å². The third-order valence-electron chi connectivity index (χ3n) is 4.86. The molecule has 6 nitrogen and oxygen atoms in total. The van der Waals surface area contributed by atoms with E-state index >= 15 is 0 Å². The number of nitrogens with zero attached hydrogens (tertiary/aromatic N) is 1. The summed E-state index contributed by atoms with van der Waals surface area (Å²) in [5.74, 6) is 11.4. The number of unbranched alkanes of at least 4 members (excludes halogenated alkanes) is 3. The van der Waals surface area contributed by atoms with E-state index in [0.29, 0.717) is 43.4 Å². The molecule has 2 aromatic rings. The van der Waals surface area contributed by atoms with Crippen molar-refractivity contribution in [2.45, 2.75) is 32.1 Å². The molecule has 0 N–H and O–H groups in total. The Hall–Kier alpha value is -4.26. The maximum atomic E-state index is 11.0. The summed E-state index contributed by atoms with van der Waals surface area (Å²) >= 11 is 6.32. The van der Waals surface area contributed by atoms with E-state index in [1.54, 1.807) is 18.3 Å². The predicted molar refractivity (Wildman–Crippen MR) is 151 cm³/mol. The molecule has 0 bridgehead atoms. The lowest BCUT2D eigenvalue weighted by atomic mass is 10.2. The molecule has 2 aromatic carbocycles. The second-order valence-electron chi connectivity index (χ2n) is 7.80. The van der Waals surface area contributed by atoms with Gasteiger partial charge in [-0.15, -0.1) is 0 Å². The van der Waals surface area contributed by atoms with E-state index in [-0.39, 0.29) is 0 Å². The van der Waals surface area contributed by atoms with E-state index in [9.17, 15) is 9.59 Å². The molecule has 38 heavy (non-hydrogen) atoms. The summed E-state index contributed by atoms with van der Waals surface area (Å²) in [4.78, 5) is 26.3. The van der Waals surface area contributed by atoms with Crippen LogP contribution in [0.5, 0.6) is 5.75 Å². The minimum absolute atomic E-state index is 0.343. The first-order valence-electron chi connectivity index (χ1n) is 12.2. The Morgan fingerprint density at radius 1 is 0.816 bits per heavy atom. The van der Waals surface area contributed by atoms with Crippen molar-refractivity contribution in [3.63, 3.8) is 0 Å². The molecular formula is C31H30ClNO5. The smallest absolute Gasteiger partial charge is 0.330 e. The molecule has 2 rings (SSSR count). The molecule has 0 aliphatic carbocycles. The number of aliphatic imine (C=N–C) groups is 1. The van der Waals surface area contributed by atoms with Crippen molar-refractivity contribution in [2.75, 3.05) is 19.8 Å². The fraction of sp³-hybridized carbons (Fsp3) is 0.258. The van der Waals surface area contributed by atoms with Gasteiger partial charge in [-0.05, 0) is 86.4 Å². The van der Waals surface area contributed by atoms with Crippen LogP contribution in [0.15, 0.2) is 72.8 Å². The van der Waals surface area contributed by atoms with Crippen molar-refractivity contribution in [3.8, 4) is 29.4 Å². The first-order chi connectivity index (χ1) is 18.5. The summed E-state index contributed by atoms with van der Waals surface area (Å²) in [5.41, 5.74) is 2.38. The molecule has 0 spiro atoms. The van der Waals surface area contributed by atoms with Gasteiger partial charge in [0.1, 0.15) is 5.75 Å². The lowest BCUT2D eigenvalue weighted by Crippen LogP contribution is -2.03. The first-order valence-corrected chi connectivity index (χ1v) is 12.5. The SMILES string of the molecule is C=CC(=O)OCCCC=Nc1ccc(C#CC#Cc2ccc(OCCCCCOC(=O)C=C)c(Cl)c2)cc1. The minimum Gasteiger partial charge on any atom is -0.492 e. The quantitative estimate of drug-likeness (QED) is 0.0949. The van der Waals surface area contributed by atoms with Gasteiger partial charge >= 0.3 is 11.9 Å². The molecule has 0 heterocycles. The number of hydrogen-bond donors (Lipinski definition) is 0. The van der Waals surface area contributed by atoms with Gasteiger partial charge in [-0.25, -0.2) is 9.59 Å². The molecule has 0 atom stereocenters. The second kappa shape index (κ2) is 18.1. The van der Waals surface area contributed by atoms with Crippen molar-refractivity contribution >= 4 is 35.4 Å². The van der Waals surface area contributed by atoms with Gasteiger partial charge in [-0.2, -0.15) is 0 Å². The average molecular weight is 532 g/mol. The lowest BCUT2D eigenvalue weighted by Gasteiger charge is -2.08. The van der Waals surface area contributed by atoms with E-state index in [4.69, 9.17) is 25.8 Å². The lowest BCUT2D eigenvalue weighted by molar-refractivity contribution is -0.138. The van der Waals surface area contributed by atoms with Gasteiger partial charge in [0.15, 0.2) is 0 Å². The number of esters is 2. The third-order valence-corrected chi connectivity index (χ3v) is 5.16. The number of ether oxygens (including phenoxy) is 3. The number of hydrogen-bond acceptors (Lipinski definition) is 6. The topological polar surface area (TPSA) is 74.2 Å². The molecule has 0 unspecified atom stereocenters. The summed E-state index contributed by atoms with van der Waals surface area (Å²) in [6.07, 6.45) is 7.96. The van der Waals surface area contributed by atoms with Gasteiger partial charge in [-0.1, -0.05) is 36.6 Å². The van der Waals surface area contributed by atoms with Crippen molar-refractivity contribution in [2.24, 2.45) is 4.99 Å². The highest BCUT2D eigenvalue weighted by molar-refractivity contribution is 6.32. The minimum atomic E-state index is -0.416. The molecule has 0 radical (unpaired) electrons. The Morgan fingerprint density at radius 2 is 1.42 bits per heavy atom. The average Bonchev–Trinajstić information content (AvgIpc) is 2.93. The molecule has 0 aliphatic heterocycles. The summed E-state index contributed by atoms with van der Waals surface area (Å²) in [6, 6.07) is 12.9. The van der Waals surface area contributed by atoms with Crippen LogP contribution in [-0.2, 0) is 19.1 Å². The maximum absolute atomic E-state index is 11.0. The third kappa shape index (κ3) is 12.6. The Bertz CT molecular complexity index is 1240. The van der Waals surface area contributed by atoms with Crippen LogP contribution in [0.2, 0.25) is 5.02 Å². The summed E-state index contributed by atoms with van der Waals surface area (Å²) < 4.78 is 15.6. The summed E-state index contributed by atoms with van der Waals surface area (Å²) in [7, 11) is 0. The first kappa shape index (κ1) is 30.0. The van der Waals surface area contributed by atoms with E-state index in [1.165, 1.54) is 0 Å². The van der Waals surface area contributed by atoms with Crippen molar-refractivity contribution in [1.82, 2.24) is 0 Å². The molecule has 0 aliphatic rings. The number of carbonyl (C=O) groups is 2. The number of rotatable bonds is 14. The zero-order chi connectivity index (χ0) is 27.4. The normalized spacial score (nSPS) is 9.92. The Balaban J connectivity index is 1.74. The molecule has 0 amide bonds. The number of halogens is 1. The van der Waals surface area contributed by atoms with Crippen molar-refractivity contribution < 1.29 is 23.8 Å². The molecule has 0 aromatic heterocycles. The van der Waals surface area contributed by atoms with Crippen LogP contribution >= 0.6 is 11.6 Å². The summed E-state index contributed by atoms with van der Waals surface area (Å²) in [5, 5.41) is 0.485. The van der Waals surface area contributed by atoms with E-state index in [1.807, 2.05) is 30.3 Å². The molecule has 0 saturated carbocycles. The van der Waals surface area contributed by atoms with Gasteiger partial charge in [-0.3, -0.25) is 4.99 Å². The largest absolute Gasteiger partial charge is 0.492 e. The van der Waals surface area contributed by atoms with Gasteiger partial charge in [0.05, 0.1) is 30.5 Å². The van der Waals surface area contributed by atoms with Gasteiger partial charge in [0.2, 0.25) is 0 Å². The number of benzene rings is 2. The Morgan fingerprint density at radius 3 is 2.08 bits per heavy atom. The highest BCUT2D eigenvalue weighted by atomic mass is 35.5. The van der Waals surface area contributed by atoms with Crippen LogP contribution in [0.3, 0.4) is 0 Å². The van der Waals surface area contributed by atoms with Crippen LogP contribution in [0.25, 0.3) is 0 Å². The van der Waals surface area contributed by atoms with Crippen LogP contribution in [0, 0.1) is 23.7 Å². The fourth-order valence-corrected chi connectivity index (χ4v) is 3.14. The van der Waals surface area contributed by atoms with E-state index in [2.05, 4.69) is 41.8 Å². The standard InChI is InChI=1S/C31H30ClNO5/c1-3-30(34)37-22-10-5-9-21-36-29-19-16-26(24-28(29)32)13-7-6-12-25-14-17-27(18-15-25)33-20-8-11-23-38-31(35)4-2/h3-4,14-20,24H,1-2,5,8-11,21-23H2. The number of carbonyl (C=O) groups excluding carboxylic acids is 2. The van der Waals surface area contributed by atoms with Gasteiger partial charge in [0, 0.05) is 29.5 Å². The zero-order valence-electron chi connectivity index (χ0n) is 21.2. The monoisotopic (exact) mass is 531 g/mol. The molecular weight excluding hydrogens is 502 g/mol. The van der Waals surface area contributed by atoms with Crippen LogP contribution < -0.4 is 4.74 Å². The molecule has 0 fully saturated rings. The van der Waals surface area contributed by atoms with E-state index < -0.39 is 11.9 Å². The molecule has 196 valence electrons.